The highest BCUT2D eigenvalue weighted by atomic mass is 32.1. The van der Waals surface area contributed by atoms with E-state index in [0.717, 1.165) is 57.7 Å². The highest BCUT2D eigenvalue weighted by Crippen LogP contribution is 2.38. The lowest BCUT2D eigenvalue weighted by Gasteiger charge is -2.51. The predicted molar refractivity (Wildman–Crippen MR) is 117 cm³/mol. The van der Waals surface area contributed by atoms with Gasteiger partial charge in [0.05, 0.1) is 6.10 Å². The summed E-state index contributed by atoms with van der Waals surface area (Å²) < 4.78 is 5.65. The maximum absolute atomic E-state index is 11.1. The van der Waals surface area contributed by atoms with Gasteiger partial charge in [0.2, 0.25) is 0 Å². The molecule has 2 saturated heterocycles. The largest absolute Gasteiger partial charge is 0.378 e. The molecule has 0 aromatic rings. The molecule has 7 unspecified atom stereocenters. The molecule has 2 saturated carbocycles. The van der Waals surface area contributed by atoms with Crippen LogP contribution in [0.25, 0.3) is 0 Å². The van der Waals surface area contributed by atoms with Gasteiger partial charge in [-0.15, -0.1) is 12.6 Å². The van der Waals surface area contributed by atoms with Gasteiger partial charge in [-0.1, -0.05) is 32.1 Å². The average molecular weight is 428 g/mol. The number of ether oxygens (including phenoxy) is 1. The third-order valence-electron chi connectivity index (χ3n) is 7.89. The molecular weight excluding hydrogens is 386 g/mol. The Morgan fingerprint density at radius 3 is 2.69 bits per heavy atom. The van der Waals surface area contributed by atoms with Crippen molar-refractivity contribution in [2.24, 2.45) is 17.8 Å². The SMILES string of the molecule is OC(NCC1CCCO1)C1CCC2C(C1)NC(S)N(CCC1CCCCC1)C2O. The Labute approximate surface area is 181 Å². The van der Waals surface area contributed by atoms with E-state index < -0.39 is 12.5 Å². The highest BCUT2D eigenvalue weighted by Gasteiger charge is 2.44. The molecule has 6 nitrogen and oxygen atoms in total. The fourth-order valence-corrected chi connectivity index (χ4v) is 6.47. The number of nitrogens with zero attached hydrogens (tertiary/aromatic N) is 1. The summed E-state index contributed by atoms with van der Waals surface area (Å²) in [7, 11) is 0. The minimum atomic E-state index is -0.498. The molecule has 0 radical (unpaired) electrons. The molecule has 7 heteroatoms. The Kier molecular flexibility index (Phi) is 8.17. The topological polar surface area (TPSA) is 77.0 Å². The van der Waals surface area contributed by atoms with Crippen LogP contribution < -0.4 is 10.6 Å². The van der Waals surface area contributed by atoms with Crippen molar-refractivity contribution in [3.05, 3.63) is 0 Å². The van der Waals surface area contributed by atoms with Crippen molar-refractivity contribution in [1.82, 2.24) is 15.5 Å². The van der Waals surface area contributed by atoms with Crippen LogP contribution in [-0.4, -0.2) is 64.9 Å². The van der Waals surface area contributed by atoms with E-state index in [2.05, 4.69) is 15.5 Å². The van der Waals surface area contributed by atoms with Crippen molar-refractivity contribution in [2.45, 2.75) is 101 Å². The quantitative estimate of drug-likeness (QED) is 0.317. The van der Waals surface area contributed by atoms with Crippen LogP contribution in [0.3, 0.4) is 0 Å². The maximum Gasteiger partial charge on any atom is 0.113 e. The molecule has 4 aliphatic rings. The van der Waals surface area contributed by atoms with Crippen LogP contribution in [0, 0.1) is 17.8 Å². The Hall–Kier alpha value is 0.110. The van der Waals surface area contributed by atoms with Gasteiger partial charge in [-0.2, -0.15) is 0 Å². The van der Waals surface area contributed by atoms with E-state index >= 15 is 0 Å². The normalized spacial score (nSPS) is 40.7. The summed E-state index contributed by atoms with van der Waals surface area (Å²) in [5.41, 5.74) is -0.106. The van der Waals surface area contributed by atoms with E-state index in [9.17, 15) is 10.2 Å². The molecule has 0 spiro atoms. The van der Waals surface area contributed by atoms with E-state index in [1.165, 1.54) is 38.5 Å². The Morgan fingerprint density at radius 2 is 1.93 bits per heavy atom. The van der Waals surface area contributed by atoms with Gasteiger partial charge in [0.15, 0.2) is 0 Å². The first kappa shape index (κ1) is 22.3. The highest BCUT2D eigenvalue weighted by molar-refractivity contribution is 7.80. The summed E-state index contributed by atoms with van der Waals surface area (Å²) in [5, 5.41) is 28.7. The molecule has 4 fully saturated rings. The van der Waals surface area contributed by atoms with E-state index in [4.69, 9.17) is 17.4 Å². The molecule has 2 aliphatic heterocycles. The van der Waals surface area contributed by atoms with Gasteiger partial charge in [-0.05, 0) is 50.4 Å². The number of aliphatic hydroxyl groups is 2. The number of hydrogen-bond acceptors (Lipinski definition) is 7. The van der Waals surface area contributed by atoms with Crippen molar-refractivity contribution in [3.63, 3.8) is 0 Å². The van der Waals surface area contributed by atoms with Gasteiger partial charge in [0.1, 0.15) is 18.0 Å². The van der Waals surface area contributed by atoms with Crippen molar-refractivity contribution >= 4 is 12.6 Å². The minimum Gasteiger partial charge on any atom is -0.378 e. The van der Waals surface area contributed by atoms with Crippen LogP contribution >= 0.6 is 12.6 Å². The van der Waals surface area contributed by atoms with Crippen LogP contribution in [-0.2, 0) is 4.74 Å². The molecule has 4 rings (SSSR count). The lowest BCUT2D eigenvalue weighted by atomic mass is 9.75. The second-order valence-electron chi connectivity index (χ2n) is 9.82. The lowest BCUT2D eigenvalue weighted by Crippen LogP contribution is -2.65. The monoisotopic (exact) mass is 427 g/mol. The zero-order valence-electron chi connectivity index (χ0n) is 17.7. The van der Waals surface area contributed by atoms with Gasteiger partial charge in [-0.3, -0.25) is 15.5 Å². The first-order chi connectivity index (χ1) is 14.1. The van der Waals surface area contributed by atoms with Crippen molar-refractivity contribution < 1.29 is 14.9 Å². The van der Waals surface area contributed by atoms with E-state index in [0.29, 0.717) is 0 Å². The molecule has 0 aromatic carbocycles. The van der Waals surface area contributed by atoms with Gasteiger partial charge in [0, 0.05) is 31.7 Å². The molecule has 168 valence electrons. The summed E-state index contributed by atoms with van der Waals surface area (Å²) in [5.74, 6) is 1.26. The van der Waals surface area contributed by atoms with Gasteiger partial charge in [-0.25, -0.2) is 0 Å². The predicted octanol–water partition coefficient (Wildman–Crippen LogP) is 2.27. The number of thiol groups is 1. The van der Waals surface area contributed by atoms with E-state index in [-0.39, 0.29) is 29.5 Å². The standard InChI is InChI=1S/C22H41N3O3S/c26-20(23-14-17-7-4-12-28-17)16-8-9-18-19(13-16)24-22(29)25(21(18)27)11-10-15-5-2-1-3-6-15/h15-24,26-27,29H,1-14H2. The molecule has 4 N–H and O–H groups in total. The van der Waals surface area contributed by atoms with Gasteiger partial charge >= 0.3 is 0 Å². The smallest absolute Gasteiger partial charge is 0.113 e. The zero-order chi connectivity index (χ0) is 20.2. The minimum absolute atomic E-state index is 0.106. The maximum atomic E-state index is 11.1. The van der Waals surface area contributed by atoms with E-state index in [1.807, 2.05) is 0 Å². The summed E-state index contributed by atoms with van der Waals surface area (Å²) in [6, 6.07) is 0.219. The number of rotatable bonds is 7. The van der Waals surface area contributed by atoms with Crippen molar-refractivity contribution in [2.75, 3.05) is 19.7 Å². The van der Waals surface area contributed by atoms with Crippen LogP contribution in [0.5, 0.6) is 0 Å². The Balaban J connectivity index is 1.24. The first-order valence-corrected chi connectivity index (χ1v) is 12.5. The fraction of sp³-hybridized carbons (Fsp3) is 1.00. The average Bonchev–Trinajstić information content (AvgIpc) is 3.26. The summed E-state index contributed by atoms with van der Waals surface area (Å²) in [6.45, 7) is 2.50. The van der Waals surface area contributed by atoms with Crippen LogP contribution in [0.4, 0.5) is 0 Å². The third kappa shape index (κ3) is 5.68. The number of nitrogens with one attached hydrogen (secondary N) is 2. The van der Waals surface area contributed by atoms with Gasteiger partial charge < -0.3 is 14.9 Å². The van der Waals surface area contributed by atoms with Crippen LogP contribution in [0.2, 0.25) is 0 Å². The molecule has 29 heavy (non-hydrogen) atoms. The number of hydrogen-bond donors (Lipinski definition) is 5. The molecule has 0 bridgehead atoms. The zero-order valence-corrected chi connectivity index (χ0v) is 18.6. The van der Waals surface area contributed by atoms with Crippen LogP contribution in [0.15, 0.2) is 0 Å². The number of aliphatic hydroxyl groups excluding tert-OH is 2. The molecular formula is C22H41N3O3S. The van der Waals surface area contributed by atoms with Crippen molar-refractivity contribution in [3.8, 4) is 0 Å². The Morgan fingerprint density at radius 1 is 1.10 bits per heavy atom. The van der Waals surface area contributed by atoms with Gasteiger partial charge in [0.25, 0.3) is 0 Å². The third-order valence-corrected chi connectivity index (χ3v) is 8.34. The summed E-state index contributed by atoms with van der Waals surface area (Å²) in [6.07, 6.45) is 12.3. The summed E-state index contributed by atoms with van der Waals surface area (Å²) in [4.78, 5) is 2.16. The molecule has 0 aromatic heterocycles. The second kappa shape index (κ2) is 10.6. The molecule has 0 amide bonds. The number of fused-ring (bicyclic) bond motifs is 1. The fourth-order valence-electron chi connectivity index (χ4n) is 6.03. The lowest BCUT2D eigenvalue weighted by molar-refractivity contribution is -0.117. The second-order valence-corrected chi connectivity index (χ2v) is 10.3. The molecule has 7 atom stereocenters. The Bertz CT molecular complexity index is 502. The van der Waals surface area contributed by atoms with Crippen molar-refractivity contribution in [1.29, 1.82) is 0 Å². The van der Waals surface area contributed by atoms with Crippen LogP contribution in [0.1, 0.15) is 70.6 Å². The molecule has 2 aliphatic carbocycles. The van der Waals surface area contributed by atoms with E-state index in [1.54, 1.807) is 0 Å². The molecule has 2 heterocycles. The summed E-state index contributed by atoms with van der Waals surface area (Å²) >= 11 is 4.77. The first-order valence-electron chi connectivity index (χ1n) is 12.0.